The lowest BCUT2D eigenvalue weighted by Crippen LogP contribution is -2.38. The molecule has 0 saturated carbocycles. The molecule has 4 heteroatoms. The molecule has 20 heavy (non-hydrogen) atoms. The third-order valence-electron chi connectivity index (χ3n) is 3.49. The smallest absolute Gasteiger partial charge is 0.147 e. The Kier molecular flexibility index (Phi) is 6.40. The summed E-state index contributed by atoms with van der Waals surface area (Å²) < 4.78 is 14.4. The molecule has 2 nitrogen and oxygen atoms in total. The van der Waals surface area contributed by atoms with Gasteiger partial charge in [-0.05, 0) is 37.0 Å². The topological polar surface area (TPSA) is 29.3 Å². The molecule has 112 valence electrons. The first-order chi connectivity index (χ1) is 9.40. The summed E-state index contributed by atoms with van der Waals surface area (Å²) in [6.07, 6.45) is 2.00. The number of nitrogens with two attached hydrogens (primary N) is 1. The summed E-state index contributed by atoms with van der Waals surface area (Å²) in [5, 5.41) is 0. The Labute approximate surface area is 127 Å². The van der Waals surface area contributed by atoms with Crippen molar-refractivity contribution in [3.8, 4) is 0 Å². The molecule has 1 aromatic rings. The predicted octanol–water partition coefficient (Wildman–Crippen LogP) is 4.11. The van der Waals surface area contributed by atoms with Crippen LogP contribution < -0.4 is 10.6 Å². The highest BCUT2D eigenvalue weighted by molar-refractivity contribution is 7.80. The first-order valence-corrected chi connectivity index (χ1v) is 7.67. The van der Waals surface area contributed by atoms with Crippen LogP contribution in [0.15, 0.2) is 18.2 Å². The lowest BCUT2D eigenvalue weighted by atomic mass is 10.1. The van der Waals surface area contributed by atoms with Gasteiger partial charge in [0.2, 0.25) is 0 Å². The highest BCUT2D eigenvalue weighted by Crippen LogP contribution is 2.26. The maximum absolute atomic E-state index is 14.4. The Morgan fingerprint density at radius 3 is 2.30 bits per heavy atom. The average molecular weight is 296 g/mol. The third-order valence-corrected chi connectivity index (χ3v) is 3.72. The van der Waals surface area contributed by atoms with Crippen molar-refractivity contribution < 1.29 is 4.39 Å². The summed E-state index contributed by atoms with van der Waals surface area (Å²) in [7, 11) is 0. The SMILES string of the molecule is CCC(CC)N(CC(C)C)c1ccc(C(N)=S)cc1F. The van der Waals surface area contributed by atoms with Crippen LogP contribution in [0.2, 0.25) is 0 Å². The summed E-state index contributed by atoms with van der Waals surface area (Å²) >= 11 is 4.90. The monoisotopic (exact) mass is 296 g/mol. The van der Waals surface area contributed by atoms with Gasteiger partial charge in [0, 0.05) is 18.2 Å². The van der Waals surface area contributed by atoms with Crippen LogP contribution >= 0.6 is 12.2 Å². The summed E-state index contributed by atoms with van der Waals surface area (Å²) in [4.78, 5) is 2.40. The number of benzene rings is 1. The largest absolute Gasteiger partial charge is 0.389 e. The molecule has 0 aliphatic rings. The van der Waals surface area contributed by atoms with E-state index in [9.17, 15) is 4.39 Å². The highest BCUT2D eigenvalue weighted by atomic mass is 32.1. The Morgan fingerprint density at radius 1 is 1.30 bits per heavy atom. The summed E-state index contributed by atoms with van der Waals surface area (Å²) in [6, 6.07) is 5.39. The second-order valence-corrected chi connectivity index (χ2v) is 5.99. The van der Waals surface area contributed by atoms with Crippen LogP contribution in [-0.2, 0) is 0 Å². The fraction of sp³-hybridized carbons (Fsp3) is 0.562. The molecule has 0 heterocycles. The molecule has 0 saturated heterocycles. The molecule has 0 aromatic heterocycles. The molecule has 1 rings (SSSR count). The van der Waals surface area contributed by atoms with Crippen molar-refractivity contribution in [1.82, 2.24) is 0 Å². The second-order valence-electron chi connectivity index (χ2n) is 5.55. The van der Waals surface area contributed by atoms with E-state index in [4.69, 9.17) is 18.0 Å². The van der Waals surface area contributed by atoms with Crippen molar-refractivity contribution in [2.45, 2.75) is 46.6 Å². The van der Waals surface area contributed by atoms with Crippen LogP contribution in [0.1, 0.15) is 46.1 Å². The molecule has 0 radical (unpaired) electrons. The van der Waals surface area contributed by atoms with Gasteiger partial charge in [-0.1, -0.05) is 39.9 Å². The summed E-state index contributed by atoms with van der Waals surface area (Å²) in [5.74, 6) is 0.230. The number of anilines is 1. The lowest BCUT2D eigenvalue weighted by Gasteiger charge is -2.34. The normalized spacial score (nSPS) is 11.2. The number of hydrogen-bond acceptors (Lipinski definition) is 2. The maximum atomic E-state index is 14.4. The quantitative estimate of drug-likeness (QED) is 0.768. The minimum atomic E-state index is -0.247. The van der Waals surface area contributed by atoms with Gasteiger partial charge in [0.25, 0.3) is 0 Å². The van der Waals surface area contributed by atoms with E-state index in [-0.39, 0.29) is 10.8 Å². The lowest BCUT2D eigenvalue weighted by molar-refractivity contribution is 0.496. The standard InChI is InChI=1S/C16H25FN2S/c1-5-13(6-2)19(10-11(3)4)15-8-7-12(16(18)20)9-14(15)17/h7-9,11,13H,5-6,10H2,1-4H3,(H2,18,20). The van der Waals surface area contributed by atoms with Crippen molar-refractivity contribution >= 4 is 22.9 Å². The molecule has 0 aliphatic carbocycles. The molecule has 0 spiro atoms. The van der Waals surface area contributed by atoms with E-state index < -0.39 is 0 Å². The summed E-state index contributed by atoms with van der Waals surface area (Å²) in [5.41, 5.74) is 6.78. The molecule has 0 atom stereocenters. The van der Waals surface area contributed by atoms with Crippen LogP contribution in [0.4, 0.5) is 10.1 Å². The van der Waals surface area contributed by atoms with Crippen LogP contribution in [0.25, 0.3) is 0 Å². The maximum Gasteiger partial charge on any atom is 0.147 e. The second kappa shape index (κ2) is 7.58. The Bertz CT molecular complexity index is 456. The Hall–Kier alpha value is -1.16. The summed E-state index contributed by atoms with van der Waals surface area (Å²) in [6.45, 7) is 9.43. The van der Waals surface area contributed by atoms with Gasteiger partial charge >= 0.3 is 0 Å². The molecule has 0 fully saturated rings. The average Bonchev–Trinajstić information content (AvgIpc) is 2.38. The fourth-order valence-electron chi connectivity index (χ4n) is 2.46. The predicted molar refractivity (Wildman–Crippen MR) is 88.8 cm³/mol. The van der Waals surface area contributed by atoms with Crippen molar-refractivity contribution in [1.29, 1.82) is 0 Å². The van der Waals surface area contributed by atoms with Gasteiger partial charge < -0.3 is 10.6 Å². The molecule has 2 N–H and O–H groups in total. The van der Waals surface area contributed by atoms with Crippen LogP contribution in [0, 0.1) is 11.7 Å². The number of thiocarbonyl (C=S) groups is 1. The first-order valence-electron chi connectivity index (χ1n) is 7.26. The highest BCUT2D eigenvalue weighted by Gasteiger charge is 2.20. The van der Waals surface area contributed by atoms with Gasteiger partial charge in [-0.25, -0.2) is 4.39 Å². The minimum Gasteiger partial charge on any atom is -0.389 e. The minimum absolute atomic E-state index is 0.230. The van der Waals surface area contributed by atoms with Gasteiger partial charge in [0.15, 0.2) is 0 Å². The number of nitrogens with zero attached hydrogens (tertiary/aromatic N) is 1. The van der Waals surface area contributed by atoms with Crippen molar-refractivity contribution in [3.05, 3.63) is 29.6 Å². The van der Waals surface area contributed by atoms with E-state index in [1.807, 2.05) is 0 Å². The molecular formula is C16H25FN2S. The third kappa shape index (κ3) is 4.17. The van der Waals surface area contributed by atoms with Crippen LogP contribution in [0.5, 0.6) is 0 Å². The number of halogens is 1. The van der Waals surface area contributed by atoms with Crippen molar-refractivity contribution in [2.75, 3.05) is 11.4 Å². The number of rotatable bonds is 7. The van der Waals surface area contributed by atoms with Gasteiger partial charge in [-0.2, -0.15) is 0 Å². The zero-order valence-corrected chi connectivity index (χ0v) is 13.6. The van der Waals surface area contributed by atoms with Gasteiger partial charge in [0.1, 0.15) is 10.8 Å². The molecular weight excluding hydrogens is 271 g/mol. The number of hydrogen-bond donors (Lipinski definition) is 1. The van der Waals surface area contributed by atoms with E-state index in [2.05, 4.69) is 32.6 Å². The first kappa shape index (κ1) is 16.9. The fourth-order valence-corrected chi connectivity index (χ4v) is 2.59. The molecule has 0 bridgehead atoms. The molecule has 0 aliphatic heterocycles. The van der Waals surface area contributed by atoms with Gasteiger partial charge in [0.05, 0.1) is 5.69 Å². The Balaban J connectivity index is 3.16. The zero-order valence-electron chi connectivity index (χ0n) is 12.8. The van der Waals surface area contributed by atoms with E-state index in [0.717, 1.165) is 19.4 Å². The van der Waals surface area contributed by atoms with E-state index in [0.29, 0.717) is 23.2 Å². The molecule has 0 unspecified atom stereocenters. The van der Waals surface area contributed by atoms with E-state index in [1.54, 1.807) is 12.1 Å². The van der Waals surface area contributed by atoms with Crippen LogP contribution in [0.3, 0.4) is 0 Å². The van der Waals surface area contributed by atoms with Crippen molar-refractivity contribution in [3.63, 3.8) is 0 Å². The van der Waals surface area contributed by atoms with Crippen molar-refractivity contribution in [2.24, 2.45) is 11.7 Å². The Morgan fingerprint density at radius 2 is 1.90 bits per heavy atom. The van der Waals surface area contributed by atoms with Gasteiger partial charge in [-0.3, -0.25) is 0 Å². The van der Waals surface area contributed by atoms with Gasteiger partial charge in [-0.15, -0.1) is 0 Å². The molecule has 1 aromatic carbocycles. The van der Waals surface area contributed by atoms with Crippen LogP contribution in [-0.4, -0.2) is 17.6 Å². The van der Waals surface area contributed by atoms with E-state index in [1.165, 1.54) is 6.07 Å². The zero-order chi connectivity index (χ0) is 15.3. The van der Waals surface area contributed by atoms with E-state index >= 15 is 0 Å². The molecule has 0 amide bonds.